The van der Waals surface area contributed by atoms with Crippen molar-refractivity contribution in [3.63, 3.8) is 0 Å². The van der Waals surface area contributed by atoms with Crippen molar-refractivity contribution in [1.29, 1.82) is 0 Å². The van der Waals surface area contributed by atoms with Gasteiger partial charge >= 0.3 is 0 Å². The topological polar surface area (TPSA) is 78.0 Å². The number of piperidine rings is 1. The third-order valence-corrected chi connectivity index (χ3v) is 5.76. The van der Waals surface area contributed by atoms with Crippen molar-refractivity contribution in [3.8, 4) is 5.75 Å². The van der Waals surface area contributed by atoms with E-state index in [0.717, 1.165) is 44.2 Å². The smallest absolute Gasteiger partial charge is 0.223 e. The number of ether oxygens (including phenoxy) is 1. The molecule has 1 aliphatic heterocycles. The Hall–Kier alpha value is -1.55. The van der Waals surface area contributed by atoms with E-state index < -0.39 is 0 Å². The van der Waals surface area contributed by atoms with Crippen LogP contribution in [0.3, 0.4) is 0 Å². The summed E-state index contributed by atoms with van der Waals surface area (Å²) in [4.78, 5) is 19.2. The number of likely N-dealkylation sites (tertiary alicyclic amines) is 1. The molecule has 0 spiro atoms. The summed E-state index contributed by atoms with van der Waals surface area (Å²) in [5, 5.41) is 9.66. The Morgan fingerprint density at radius 1 is 1.10 bits per heavy atom. The predicted octanol–water partition coefficient (Wildman–Crippen LogP) is 2.92. The Labute approximate surface area is 203 Å². The number of benzene rings is 1. The van der Waals surface area contributed by atoms with Crippen molar-refractivity contribution in [3.05, 3.63) is 29.8 Å². The molecule has 7 nitrogen and oxygen atoms in total. The molecule has 31 heavy (non-hydrogen) atoms. The number of carbonyl (C=O) groups is 1. The standard InChI is InChI=1S/C23H37N5O2.HI/c1-3-24-23(26-14-13-25-22(29)19-7-8-19)27-17-21(28-15-5-4-6-16-28)18-9-11-20(30-2)12-10-18;/h9-12,19,21H,3-8,13-17H2,1-2H3,(H,25,29)(H2,24,26,27);1H. The fourth-order valence-electron chi connectivity index (χ4n) is 3.86. The number of nitrogens with one attached hydrogen (secondary N) is 3. The summed E-state index contributed by atoms with van der Waals surface area (Å²) in [5.74, 6) is 2.11. The fraction of sp³-hybridized carbons (Fsp3) is 0.652. The van der Waals surface area contributed by atoms with Gasteiger partial charge < -0.3 is 20.7 Å². The highest BCUT2D eigenvalue weighted by atomic mass is 127. The monoisotopic (exact) mass is 543 g/mol. The van der Waals surface area contributed by atoms with E-state index in [0.29, 0.717) is 19.6 Å². The van der Waals surface area contributed by atoms with Crippen molar-refractivity contribution < 1.29 is 9.53 Å². The summed E-state index contributed by atoms with van der Waals surface area (Å²) in [7, 11) is 1.70. The summed E-state index contributed by atoms with van der Waals surface area (Å²) >= 11 is 0. The van der Waals surface area contributed by atoms with Gasteiger partial charge in [-0.15, -0.1) is 24.0 Å². The molecule has 1 aromatic rings. The normalized spacial score (nSPS) is 17.9. The molecule has 0 radical (unpaired) electrons. The van der Waals surface area contributed by atoms with E-state index in [1.165, 1.54) is 24.8 Å². The molecular weight excluding hydrogens is 505 g/mol. The number of guanidine groups is 1. The molecule has 3 rings (SSSR count). The lowest BCUT2D eigenvalue weighted by Gasteiger charge is -2.34. The first-order chi connectivity index (χ1) is 14.7. The zero-order valence-corrected chi connectivity index (χ0v) is 21.2. The van der Waals surface area contributed by atoms with E-state index >= 15 is 0 Å². The first-order valence-electron chi connectivity index (χ1n) is 11.4. The highest BCUT2D eigenvalue weighted by molar-refractivity contribution is 14.0. The quantitative estimate of drug-likeness (QED) is 0.183. The van der Waals surface area contributed by atoms with Crippen molar-refractivity contribution in [1.82, 2.24) is 20.9 Å². The minimum atomic E-state index is 0. The van der Waals surface area contributed by atoms with Crippen molar-refractivity contribution in [2.45, 2.75) is 45.1 Å². The van der Waals surface area contributed by atoms with Crippen LogP contribution >= 0.6 is 24.0 Å². The number of amides is 1. The van der Waals surface area contributed by atoms with E-state index in [1.807, 2.05) is 12.1 Å². The van der Waals surface area contributed by atoms with Crippen LogP contribution in [0.1, 0.15) is 50.6 Å². The Bertz CT molecular complexity index is 688. The summed E-state index contributed by atoms with van der Waals surface area (Å²) in [6.07, 6.45) is 5.87. The van der Waals surface area contributed by atoms with E-state index in [4.69, 9.17) is 9.73 Å². The van der Waals surface area contributed by atoms with Crippen LogP contribution in [0.4, 0.5) is 0 Å². The SMILES string of the molecule is CCNC(=NCC(c1ccc(OC)cc1)N1CCCCC1)NCCNC(=O)C1CC1.I. The van der Waals surface area contributed by atoms with E-state index in [9.17, 15) is 4.79 Å². The molecule has 2 fully saturated rings. The summed E-state index contributed by atoms with van der Waals surface area (Å²) in [6.45, 7) is 7.08. The van der Waals surface area contributed by atoms with Crippen LogP contribution in [0.25, 0.3) is 0 Å². The number of aliphatic imine (C=N–C) groups is 1. The molecule has 1 aliphatic carbocycles. The zero-order valence-electron chi connectivity index (χ0n) is 18.9. The van der Waals surface area contributed by atoms with Gasteiger partial charge in [-0.1, -0.05) is 18.6 Å². The van der Waals surface area contributed by atoms with E-state index in [-0.39, 0.29) is 41.8 Å². The van der Waals surface area contributed by atoms with Crippen LogP contribution in [0.5, 0.6) is 5.75 Å². The average Bonchev–Trinajstić information content (AvgIpc) is 3.63. The number of nitrogens with zero attached hydrogens (tertiary/aromatic N) is 2. The average molecular weight is 543 g/mol. The molecular formula is C23H38IN5O2. The number of methoxy groups -OCH3 is 1. The van der Waals surface area contributed by atoms with Crippen LogP contribution < -0.4 is 20.7 Å². The van der Waals surface area contributed by atoms with Gasteiger partial charge in [-0.3, -0.25) is 14.7 Å². The number of hydrogen-bond donors (Lipinski definition) is 3. The maximum atomic E-state index is 11.8. The van der Waals surface area contributed by atoms with Gasteiger partial charge in [0, 0.05) is 25.6 Å². The molecule has 1 saturated carbocycles. The third-order valence-electron chi connectivity index (χ3n) is 5.76. The molecule has 0 bridgehead atoms. The summed E-state index contributed by atoms with van der Waals surface area (Å²) < 4.78 is 5.32. The van der Waals surface area contributed by atoms with Crippen molar-refractivity contribution in [2.75, 3.05) is 46.4 Å². The van der Waals surface area contributed by atoms with E-state index in [1.54, 1.807) is 7.11 Å². The molecule has 3 N–H and O–H groups in total. The lowest BCUT2D eigenvalue weighted by molar-refractivity contribution is -0.122. The lowest BCUT2D eigenvalue weighted by atomic mass is 10.0. The van der Waals surface area contributed by atoms with Gasteiger partial charge in [0.2, 0.25) is 5.91 Å². The highest BCUT2D eigenvalue weighted by Gasteiger charge is 2.29. The maximum Gasteiger partial charge on any atom is 0.223 e. The van der Waals surface area contributed by atoms with Crippen LogP contribution in [-0.4, -0.2) is 63.1 Å². The predicted molar refractivity (Wildman–Crippen MR) is 136 cm³/mol. The van der Waals surface area contributed by atoms with Gasteiger partial charge in [-0.25, -0.2) is 0 Å². The van der Waals surface area contributed by atoms with Gasteiger partial charge in [0.1, 0.15) is 5.75 Å². The second kappa shape index (κ2) is 13.8. The molecule has 0 aromatic heterocycles. The molecule has 1 aromatic carbocycles. The van der Waals surface area contributed by atoms with Gasteiger partial charge in [0.25, 0.3) is 0 Å². The Kier molecular flexibility index (Phi) is 11.4. The Balaban J connectivity index is 0.00000341. The van der Waals surface area contributed by atoms with Gasteiger partial charge in [0.15, 0.2) is 5.96 Å². The third kappa shape index (κ3) is 8.48. The van der Waals surface area contributed by atoms with Crippen molar-refractivity contribution in [2.24, 2.45) is 10.9 Å². The summed E-state index contributed by atoms with van der Waals surface area (Å²) in [5.41, 5.74) is 1.27. The minimum absolute atomic E-state index is 0. The van der Waals surface area contributed by atoms with Crippen LogP contribution in [0.2, 0.25) is 0 Å². The van der Waals surface area contributed by atoms with Crippen molar-refractivity contribution >= 4 is 35.8 Å². The molecule has 1 saturated heterocycles. The first kappa shape index (κ1) is 25.7. The second-order valence-corrected chi connectivity index (χ2v) is 8.10. The summed E-state index contributed by atoms with van der Waals surface area (Å²) in [6, 6.07) is 8.62. The highest BCUT2D eigenvalue weighted by Crippen LogP contribution is 2.28. The molecule has 8 heteroatoms. The molecule has 1 amide bonds. The second-order valence-electron chi connectivity index (χ2n) is 8.10. The fourth-order valence-corrected chi connectivity index (χ4v) is 3.86. The number of halogens is 1. The lowest BCUT2D eigenvalue weighted by Crippen LogP contribution is -2.42. The minimum Gasteiger partial charge on any atom is -0.497 e. The first-order valence-corrected chi connectivity index (χ1v) is 11.4. The Morgan fingerprint density at radius 2 is 1.77 bits per heavy atom. The maximum absolute atomic E-state index is 11.8. The number of rotatable bonds is 10. The largest absolute Gasteiger partial charge is 0.497 e. The van der Waals surface area contributed by atoms with E-state index in [2.05, 4.69) is 39.9 Å². The van der Waals surface area contributed by atoms with Crippen LogP contribution in [0.15, 0.2) is 29.3 Å². The zero-order chi connectivity index (χ0) is 21.2. The molecule has 1 unspecified atom stereocenters. The van der Waals surface area contributed by atoms with Gasteiger partial charge in [-0.2, -0.15) is 0 Å². The van der Waals surface area contributed by atoms with Crippen LogP contribution in [0, 0.1) is 5.92 Å². The molecule has 1 atom stereocenters. The molecule has 1 heterocycles. The number of hydrogen-bond acceptors (Lipinski definition) is 4. The molecule has 2 aliphatic rings. The number of carbonyl (C=O) groups excluding carboxylic acids is 1. The van der Waals surface area contributed by atoms with Gasteiger partial charge in [-0.05, 0) is 63.4 Å². The Morgan fingerprint density at radius 3 is 2.39 bits per heavy atom. The van der Waals surface area contributed by atoms with Crippen LogP contribution in [-0.2, 0) is 4.79 Å². The van der Waals surface area contributed by atoms with Gasteiger partial charge in [0.05, 0.1) is 19.7 Å². The molecule has 174 valence electrons.